The average Bonchev–Trinajstić information content (AvgIpc) is 2.17. The molecule has 0 bridgehead atoms. The zero-order chi connectivity index (χ0) is 13.7. The van der Waals surface area contributed by atoms with E-state index in [0.29, 0.717) is 0 Å². The molecule has 0 aromatic heterocycles. The number of benzene rings is 1. The van der Waals surface area contributed by atoms with Crippen LogP contribution in [0.5, 0.6) is 0 Å². The molecule has 17 heavy (non-hydrogen) atoms. The summed E-state index contributed by atoms with van der Waals surface area (Å²) in [6.45, 7) is 0. The third-order valence-corrected chi connectivity index (χ3v) is 2.74. The maximum Gasteiger partial charge on any atom is 0.217 e. The Bertz CT molecular complexity index is 436. The SMILES string of the molecule is COS(=O)(=O)[O-].C[N+](C)(C)c1ccc(Br)cc1. The Morgan fingerprint density at radius 1 is 1.18 bits per heavy atom. The normalized spacial score (nSPS) is 11.6. The van der Waals surface area contributed by atoms with Gasteiger partial charge in [0.25, 0.3) is 0 Å². The van der Waals surface area contributed by atoms with Crippen molar-refractivity contribution < 1.29 is 17.2 Å². The summed E-state index contributed by atoms with van der Waals surface area (Å²) in [5, 5.41) is 0. The molecule has 0 amide bonds. The molecule has 0 N–H and O–H groups in total. The predicted molar refractivity (Wildman–Crippen MR) is 70.4 cm³/mol. The zero-order valence-electron chi connectivity index (χ0n) is 10.2. The van der Waals surface area contributed by atoms with Gasteiger partial charge in [0.15, 0.2) is 0 Å². The molecule has 0 radical (unpaired) electrons. The van der Waals surface area contributed by atoms with Gasteiger partial charge < -0.3 is 4.55 Å². The van der Waals surface area contributed by atoms with Crippen LogP contribution in [-0.4, -0.2) is 41.2 Å². The van der Waals surface area contributed by atoms with Gasteiger partial charge in [-0.1, -0.05) is 15.9 Å². The van der Waals surface area contributed by atoms with E-state index >= 15 is 0 Å². The highest BCUT2D eigenvalue weighted by Gasteiger charge is 2.09. The molecular formula is C10H16BrNO4S. The third-order valence-electron chi connectivity index (χ3n) is 1.81. The standard InChI is InChI=1S/C9H13BrN.CH4O4S/c1-11(2,3)9-6-4-8(10)5-7-9;1-5-6(2,3)4/h4-7H,1-3H3;1H3,(H,2,3,4)/q+1;/p-1. The summed E-state index contributed by atoms with van der Waals surface area (Å²) in [5.74, 6) is 0. The van der Waals surface area contributed by atoms with Crippen LogP contribution >= 0.6 is 15.9 Å². The molecule has 98 valence electrons. The lowest BCUT2D eigenvalue weighted by molar-refractivity contribution is 0.314. The van der Waals surface area contributed by atoms with E-state index in [4.69, 9.17) is 0 Å². The van der Waals surface area contributed by atoms with Crippen molar-refractivity contribution in [3.63, 3.8) is 0 Å². The first-order chi connectivity index (χ1) is 7.56. The smallest absolute Gasteiger partial charge is 0.217 e. The average molecular weight is 326 g/mol. The highest BCUT2D eigenvalue weighted by Crippen LogP contribution is 2.19. The largest absolute Gasteiger partial charge is 0.726 e. The molecule has 1 aromatic carbocycles. The minimum atomic E-state index is -4.41. The minimum absolute atomic E-state index is 0.808. The summed E-state index contributed by atoms with van der Waals surface area (Å²) in [7, 11) is 2.86. The summed E-state index contributed by atoms with van der Waals surface area (Å²) in [6.07, 6.45) is 0. The van der Waals surface area contributed by atoms with Crippen LogP contribution in [0.25, 0.3) is 0 Å². The minimum Gasteiger partial charge on any atom is -0.726 e. The van der Waals surface area contributed by atoms with E-state index in [1.54, 1.807) is 0 Å². The quantitative estimate of drug-likeness (QED) is 0.472. The predicted octanol–water partition coefficient (Wildman–Crippen LogP) is 1.74. The fourth-order valence-electron chi connectivity index (χ4n) is 0.888. The second-order valence-electron chi connectivity index (χ2n) is 4.06. The van der Waals surface area contributed by atoms with Gasteiger partial charge >= 0.3 is 0 Å². The summed E-state index contributed by atoms with van der Waals surface area (Å²) in [6, 6.07) is 8.39. The van der Waals surface area contributed by atoms with Gasteiger partial charge in [0, 0.05) is 16.6 Å². The van der Waals surface area contributed by atoms with E-state index in [1.807, 2.05) is 0 Å². The van der Waals surface area contributed by atoms with E-state index in [0.717, 1.165) is 16.1 Å². The number of rotatable bonds is 2. The second kappa shape index (κ2) is 6.46. The Hall–Kier alpha value is -0.470. The number of nitrogens with zero attached hydrogens (tertiary/aromatic N) is 1. The van der Waals surface area contributed by atoms with E-state index in [2.05, 4.69) is 65.5 Å². The molecule has 7 heteroatoms. The van der Waals surface area contributed by atoms with Crippen molar-refractivity contribution in [1.82, 2.24) is 4.48 Å². The lowest BCUT2D eigenvalue weighted by atomic mass is 10.3. The molecule has 1 rings (SSSR count). The van der Waals surface area contributed by atoms with Crippen molar-refractivity contribution in [2.45, 2.75) is 0 Å². The van der Waals surface area contributed by atoms with Gasteiger partial charge in [0.1, 0.15) is 5.69 Å². The topological polar surface area (TPSA) is 66.4 Å². The molecule has 0 fully saturated rings. The van der Waals surface area contributed by atoms with Crippen molar-refractivity contribution >= 4 is 32.0 Å². The van der Waals surface area contributed by atoms with Crippen LogP contribution < -0.4 is 4.48 Å². The molecule has 1 aromatic rings. The second-order valence-corrected chi connectivity index (χ2v) is 6.13. The van der Waals surface area contributed by atoms with Crippen LogP contribution in [0.2, 0.25) is 0 Å². The molecule has 5 nitrogen and oxygen atoms in total. The van der Waals surface area contributed by atoms with Gasteiger partial charge in [-0.15, -0.1) is 0 Å². The van der Waals surface area contributed by atoms with Crippen molar-refractivity contribution in [2.75, 3.05) is 28.3 Å². The van der Waals surface area contributed by atoms with Crippen LogP contribution in [0.1, 0.15) is 0 Å². The molecule has 0 saturated carbocycles. The maximum absolute atomic E-state index is 9.22. The monoisotopic (exact) mass is 325 g/mol. The molecule has 0 atom stereocenters. The number of hydrogen-bond acceptors (Lipinski definition) is 4. The van der Waals surface area contributed by atoms with Crippen LogP contribution in [-0.2, 0) is 14.6 Å². The van der Waals surface area contributed by atoms with Gasteiger partial charge in [0.05, 0.1) is 28.3 Å². The number of hydrogen-bond donors (Lipinski definition) is 0. The first kappa shape index (κ1) is 16.5. The van der Waals surface area contributed by atoms with Crippen molar-refractivity contribution in [3.8, 4) is 0 Å². The van der Waals surface area contributed by atoms with Crippen LogP contribution in [0.4, 0.5) is 5.69 Å². The Kier molecular flexibility index (Phi) is 6.28. The highest BCUT2D eigenvalue weighted by molar-refractivity contribution is 9.10. The van der Waals surface area contributed by atoms with Crippen LogP contribution in [0, 0.1) is 0 Å². The fourth-order valence-corrected chi connectivity index (χ4v) is 1.15. The Balaban J connectivity index is 0.000000366. The van der Waals surface area contributed by atoms with Crippen molar-refractivity contribution in [2.24, 2.45) is 0 Å². The van der Waals surface area contributed by atoms with Crippen LogP contribution in [0.3, 0.4) is 0 Å². The van der Waals surface area contributed by atoms with Gasteiger partial charge in [-0.25, -0.2) is 8.42 Å². The Labute approximate surface area is 111 Å². The Morgan fingerprint density at radius 3 is 1.76 bits per heavy atom. The first-order valence-electron chi connectivity index (χ1n) is 4.65. The number of quaternary nitrogens is 1. The molecule has 0 saturated heterocycles. The van der Waals surface area contributed by atoms with Crippen LogP contribution in [0.15, 0.2) is 28.7 Å². The van der Waals surface area contributed by atoms with Gasteiger partial charge in [-0.05, 0) is 12.1 Å². The molecule has 0 aliphatic carbocycles. The van der Waals surface area contributed by atoms with E-state index in [9.17, 15) is 13.0 Å². The zero-order valence-corrected chi connectivity index (χ0v) is 12.6. The summed E-state index contributed by atoms with van der Waals surface area (Å²) < 4.78 is 33.0. The van der Waals surface area contributed by atoms with Gasteiger partial charge in [0.2, 0.25) is 10.4 Å². The number of halogens is 1. The fraction of sp³-hybridized carbons (Fsp3) is 0.400. The van der Waals surface area contributed by atoms with E-state index < -0.39 is 10.4 Å². The molecule has 0 aliphatic rings. The summed E-state index contributed by atoms with van der Waals surface area (Å²) in [4.78, 5) is 0. The lowest BCUT2D eigenvalue weighted by Gasteiger charge is -2.23. The summed E-state index contributed by atoms with van der Waals surface area (Å²) in [5.41, 5.74) is 1.31. The molecule has 0 spiro atoms. The highest BCUT2D eigenvalue weighted by atomic mass is 79.9. The maximum atomic E-state index is 9.22. The Morgan fingerprint density at radius 2 is 1.53 bits per heavy atom. The molecular weight excluding hydrogens is 310 g/mol. The summed E-state index contributed by atoms with van der Waals surface area (Å²) >= 11 is 3.41. The van der Waals surface area contributed by atoms with E-state index in [-0.39, 0.29) is 0 Å². The molecule has 0 aliphatic heterocycles. The lowest BCUT2D eigenvalue weighted by Crippen LogP contribution is -2.34. The van der Waals surface area contributed by atoms with Crippen molar-refractivity contribution in [3.05, 3.63) is 28.7 Å². The third kappa shape index (κ3) is 8.28. The molecule has 0 heterocycles. The van der Waals surface area contributed by atoms with Gasteiger partial charge in [-0.2, -0.15) is 0 Å². The van der Waals surface area contributed by atoms with Gasteiger partial charge in [-0.3, -0.25) is 8.67 Å². The van der Waals surface area contributed by atoms with Crippen molar-refractivity contribution in [1.29, 1.82) is 0 Å². The molecule has 0 unspecified atom stereocenters. The van der Waals surface area contributed by atoms with E-state index in [1.165, 1.54) is 5.69 Å². The first-order valence-corrected chi connectivity index (χ1v) is 6.78.